The van der Waals surface area contributed by atoms with Crippen molar-refractivity contribution < 1.29 is 8.78 Å². The molecule has 3 unspecified atom stereocenters. The molecular weight excluding hydrogens is 206 g/mol. The number of halogens is 2. The lowest BCUT2D eigenvalue weighted by Crippen LogP contribution is -2.33. The highest BCUT2D eigenvalue weighted by Gasteiger charge is 2.34. The van der Waals surface area contributed by atoms with Crippen LogP contribution in [0.5, 0.6) is 0 Å². The monoisotopic (exact) mass is 234 g/mol. The van der Waals surface area contributed by atoms with Crippen LogP contribution in [0.2, 0.25) is 0 Å². The minimum absolute atomic E-state index is 0.000145. The Morgan fingerprint density at radius 3 is 1.94 bits per heavy atom. The van der Waals surface area contributed by atoms with Crippen molar-refractivity contribution in [1.29, 1.82) is 0 Å². The summed E-state index contributed by atoms with van der Waals surface area (Å²) in [5.41, 5.74) is -2.22. The van der Waals surface area contributed by atoms with Gasteiger partial charge in [0, 0.05) is 0 Å². The molecule has 0 radical (unpaired) electrons. The van der Waals surface area contributed by atoms with Crippen molar-refractivity contribution >= 4 is 0 Å². The topological polar surface area (TPSA) is 0 Å². The molecule has 0 aromatic carbocycles. The molecule has 0 rings (SSSR count). The minimum atomic E-state index is -1.14. The van der Waals surface area contributed by atoms with Crippen LogP contribution < -0.4 is 0 Å². The fourth-order valence-corrected chi connectivity index (χ4v) is 1.80. The lowest BCUT2D eigenvalue weighted by molar-refractivity contribution is 0.0493. The molecule has 0 spiro atoms. The van der Waals surface area contributed by atoms with E-state index >= 15 is 0 Å². The SMILES string of the molecule is CCC(C)(F)CCCC(C)C(C)(F)C(C)C. The molecule has 0 fully saturated rings. The Morgan fingerprint density at radius 2 is 1.56 bits per heavy atom. The molecule has 0 N–H and O–H groups in total. The van der Waals surface area contributed by atoms with E-state index in [0.29, 0.717) is 12.8 Å². The van der Waals surface area contributed by atoms with Crippen molar-refractivity contribution in [2.45, 2.75) is 78.6 Å². The summed E-state index contributed by atoms with van der Waals surface area (Å²) in [5, 5.41) is 0. The lowest BCUT2D eigenvalue weighted by Gasteiger charge is -2.32. The molecule has 16 heavy (non-hydrogen) atoms. The summed E-state index contributed by atoms with van der Waals surface area (Å²) in [7, 11) is 0. The first kappa shape index (κ1) is 15.9. The van der Waals surface area contributed by atoms with Gasteiger partial charge < -0.3 is 0 Å². The second-order valence-corrected chi connectivity index (χ2v) is 5.87. The summed E-state index contributed by atoms with van der Waals surface area (Å²) in [6.45, 7) is 10.9. The van der Waals surface area contributed by atoms with Crippen LogP contribution in [0.1, 0.15) is 67.2 Å². The molecule has 0 aliphatic carbocycles. The smallest absolute Gasteiger partial charge is 0.113 e. The molecule has 3 atom stereocenters. The highest BCUT2D eigenvalue weighted by atomic mass is 19.1. The van der Waals surface area contributed by atoms with E-state index in [1.54, 1.807) is 13.8 Å². The zero-order valence-corrected chi connectivity index (χ0v) is 11.7. The third kappa shape index (κ3) is 4.80. The van der Waals surface area contributed by atoms with E-state index < -0.39 is 11.3 Å². The maximum absolute atomic E-state index is 14.2. The average Bonchev–Trinajstić information content (AvgIpc) is 2.17. The summed E-state index contributed by atoms with van der Waals surface area (Å²) >= 11 is 0. The highest BCUT2D eigenvalue weighted by Crippen LogP contribution is 2.34. The Hall–Kier alpha value is -0.140. The van der Waals surface area contributed by atoms with E-state index in [0.717, 1.165) is 12.8 Å². The van der Waals surface area contributed by atoms with Gasteiger partial charge in [-0.15, -0.1) is 0 Å². The fraction of sp³-hybridized carbons (Fsp3) is 1.00. The summed E-state index contributed by atoms with van der Waals surface area (Å²) in [6.07, 6.45) is 2.62. The number of rotatable bonds is 7. The predicted octanol–water partition coefficient (Wildman–Crippen LogP) is 5.32. The molecule has 0 nitrogen and oxygen atoms in total. The molecular formula is C14H28F2. The third-order valence-electron chi connectivity index (χ3n) is 4.16. The maximum atomic E-state index is 14.2. The highest BCUT2D eigenvalue weighted by molar-refractivity contribution is 4.83. The van der Waals surface area contributed by atoms with Crippen LogP contribution in [-0.2, 0) is 0 Å². The first-order valence-corrected chi connectivity index (χ1v) is 6.51. The van der Waals surface area contributed by atoms with Crippen molar-refractivity contribution in [3.8, 4) is 0 Å². The van der Waals surface area contributed by atoms with Gasteiger partial charge in [-0.1, -0.05) is 27.7 Å². The van der Waals surface area contributed by atoms with Crippen molar-refractivity contribution in [2.75, 3.05) is 0 Å². The zero-order valence-electron chi connectivity index (χ0n) is 11.7. The second-order valence-electron chi connectivity index (χ2n) is 5.87. The largest absolute Gasteiger partial charge is 0.244 e. The van der Waals surface area contributed by atoms with E-state index in [9.17, 15) is 8.78 Å². The molecule has 0 saturated carbocycles. The van der Waals surface area contributed by atoms with E-state index in [2.05, 4.69) is 0 Å². The van der Waals surface area contributed by atoms with E-state index in [4.69, 9.17) is 0 Å². The van der Waals surface area contributed by atoms with Crippen LogP contribution >= 0.6 is 0 Å². The third-order valence-corrected chi connectivity index (χ3v) is 4.16. The number of hydrogen-bond acceptors (Lipinski definition) is 0. The van der Waals surface area contributed by atoms with Gasteiger partial charge in [0.05, 0.1) is 0 Å². The quantitative estimate of drug-likeness (QED) is 0.559. The van der Waals surface area contributed by atoms with Gasteiger partial charge in [0.25, 0.3) is 0 Å². The van der Waals surface area contributed by atoms with Crippen molar-refractivity contribution in [2.24, 2.45) is 11.8 Å². The number of hydrogen-bond donors (Lipinski definition) is 0. The molecule has 0 aromatic rings. The Kier molecular flexibility index (Phi) is 5.92. The van der Waals surface area contributed by atoms with Gasteiger partial charge in [-0.2, -0.15) is 0 Å². The van der Waals surface area contributed by atoms with Crippen molar-refractivity contribution in [3.05, 3.63) is 0 Å². The van der Waals surface area contributed by atoms with Crippen molar-refractivity contribution in [3.63, 3.8) is 0 Å². The molecule has 0 amide bonds. The van der Waals surface area contributed by atoms with Crippen molar-refractivity contribution in [1.82, 2.24) is 0 Å². The predicted molar refractivity (Wildman–Crippen MR) is 67.2 cm³/mol. The zero-order chi connectivity index (χ0) is 13.0. The van der Waals surface area contributed by atoms with Crippen LogP contribution in [0.25, 0.3) is 0 Å². The van der Waals surface area contributed by atoms with Gasteiger partial charge in [-0.05, 0) is 51.4 Å². The van der Waals surface area contributed by atoms with E-state index in [1.807, 2.05) is 27.7 Å². The van der Waals surface area contributed by atoms with Crippen LogP contribution in [0.4, 0.5) is 8.78 Å². The summed E-state index contributed by atoms with van der Waals surface area (Å²) in [6, 6.07) is 0. The molecule has 0 heterocycles. The average molecular weight is 234 g/mol. The Bertz CT molecular complexity index is 195. The first-order valence-electron chi connectivity index (χ1n) is 6.51. The van der Waals surface area contributed by atoms with Gasteiger partial charge in [0.2, 0.25) is 0 Å². The number of alkyl halides is 2. The Labute approximate surface area is 99.8 Å². The summed E-state index contributed by atoms with van der Waals surface area (Å²) in [5.74, 6) is 0.0191. The summed E-state index contributed by atoms with van der Waals surface area (Å²) < 4.78 is 27.8. The van der Waals surface area contributed by atoms with Gasteiger partial charge in [0.15, 0.2) is 0 Å². The van der Waals surface area contributed by atoms with Gasteiger partial charge in [-0.3, -0.25) is 0 Å². The molecule has 0 aromatic heterocycles. The maximum Gasteiger partial charge on any atom is 0.113 e. The van der Waals surface area contributed by atoms with Gasteiger partial charge in [-0.25, -0.2) is 8.78 Å². The Morgan fingerprint density at radius 1 is 1.06 bits per heavy atom. The lowest BCUT2D eigenvalue weighted by atomic mass is 9.79. The fourth-order valence-electron chi connectivity index (χ4n) is 1.80. The first-order chi connectivity index (χ1) is 7.13. The second kappa shape index (κ2) is 5.97. The molecule has 0 aliphatic rings. The normalized spacial score (nSPS) is 21.6. The van der Waals surface area contributed by atoms with Gasteiger partial charge >= 0.3 is 0 Å². The van der Waals surface area contributed by atoms with E-state index in [-0.39, 0.29) is 11.8 Å². The van der Waals surface area contributed by atoms with Crippen LogP contribution in [0.15, 0.2) is 0 Å². The standard InChI is InChI=1S/C14H28F2/c1-7-13(5,15)10-8-9-12(4)14(6,16)11(2)3/h11-12H,7-10H2,1-6H3. The molecule has 0 bridgehead atoms. The summed E-state index contributed by atoms with van der Waals surface area (Å²) in [4.78, 5) is 0. The van der Waals surface area contributed by atoms with E-state index in [1.165, 1.54) is 0 Å². The minimum Gasteiger partial charge on any atom is -0.244 e. The Balaban J connectivity index is 4.04. The van der Waals surface area contributed by atoms with Crippen LogP contribution in [-0.4, -0.2) is 11.3 Å². The van der Waals surface area contributed by atoms with Crippen LogP contribution in [0.3, 0.4) is 0 Å². The molecule has 2 heteroatoms. The van der Waals surface area contributed by atoms with Gasteiger partial charge in [0.1, 0.15) is 11.3 Å². The molecule has 0 saturated heterocycles. The van der Waals surface area contributed by atoms with Crippen LogP contribution in [0, 0.1) is 11.8 Å². The molecule has 0 aliphatic heterocycles. The molecule has 98 valence electrons.